The van der Waals surface area contributed by atoms with Gasteiger partial charge in [-0.3, -0.25) is 24.6 Å². The Bertz CT molecular complexity index is 762. The van der Waals surface area contributed by atoms with E-state index in [0.29, 0.717) is 9.88 Å². The summed E-state index contributed by atoms with van der Waals surface area (Å²) in [6.07, 6.45) is 1.46. The van der Waals surface area contributed by atoms with Gasteiger partial charge >= 0.3 is 11.7 Å². The molecule has 1 aromatic rings. The summed E-state index contributed by atoms with van der Waals surface area (Å²) in [6, 6.07) is 3.79. The smallest absolute Gasteiger partial charge is 0.311 e. The predicted octanol–water partition coefficient (Wildman–Crippen LogP) is 2.06. The summed E-state index contributed by atoms with van der Waals surface area (Å²) >= 11 is 6.15. The normalized spacial score (nSPS) is 15.9. The molecule has 0 bridgehead atoms. The number of phenols is 1. The molecule has 1 saturated heterocycles. The third kappa shape index (κ3) is 3.89. The standard InChI is InChI=1S/C14H12N2O6S2/c1-22-12(18)4-5-15-13(19)11(24-14(15)23)7-8-2-3-10(17)9(6-8)16(20)21/h2-3,6-7,17H,4-5H2,1H3/b11-7-. The van der Waals surface area contributed by atoms with Gasteiger partial charge in [0, 0.05) is 12.6 Å². The number of hydrogen-bond donors (Lipinski definition) is 1. The van der Waals surface area contributed by atoms with E-state index < -0.39 is 22.3 Å². The lowest BCUT2D eigenvalue weighted by Gasteiger charge is -2.12. The van der Waals surface area contributed by atoms with Gasteiger partial charge in [-0.2, -0.15) is 0 Å². The molecule has 1 fully saturated rings. The molecule has 0 aromatic heterocycles. The van der Waals surface area contributed by atoms with E-state index in [1.807, 2.05) is 0 Å². The van der Waals surface area contributed by atoms with Gasteiger partial charge < -0.3 is 9.84 Å². The molecule has 1 aliphatic rings. The fraction of sp³-hybridized carbons (Fsp3) is 0.214. The molecule has 1 aliphatic heterocycles. The maximum Gasteiger partial charge on any atom is 0.311 e. The molecule has 1 N–H and O–H groups in total. The molecule has 2 rings (SSSR count). The van der Waals surface area contributed by atoms with E-state index in [0.717, 1.165) is 17.8 Å². The van der Waals surface area contributed by atoms with Crippen molar-refractivity contribution in [1.82, 2.24) is 4.90 Å². The number of esters is 1. The molecule has 126 valence electrons. The summed E-state index contributed by atoms with van der Waals surface area (Å²) in [5, 5.41) is 20.3. The average Bonchev–Trinajstić information content (AvgIpc) is 2.80. The molecule has 8 nitrogen and oxygen atoms in total. The second-order valence-electron chi connectivity index (χ2n) is 4.66. The second-order valence-corrected chi connectivity index (χ2v) is 6.34. The van der Waals surface area contributed by atoms with Crippen LogP contribution in [0.25, 0.3) is 6.08 Å². The summed E-state index contributed by atoms with van der Waals surface area (Å²) in [6.45, 7) is 0.102. The minimum atomic E-state index is -0.714. The van der Waals surface area contributed by atoms with Crippen LogP contribution in [0.1, 0.15) is 12.0 Å². The largest absolute Gasteiger partial charge is 0.502 e. The van der Waals surface area contributed by atoms with Gasteiger partial charge in [-0.15, -0.1) is 0 Å². The second kappa shape index (κ2) is 7.41. The first-order chi connectivity index (χ1) is 11.3. The van der Waals surface area contributed by atoms with E-state index in [2.05, 4.69) is 4.74 Å². The molecule has 0 spiro atoms. The van der Waals surface area contributed by atoms with Crippen molar-refractivity contribution in [2.24, 2.45) is 0 Å². The van der Waals surface area contributed by atoms with Crippen LogP contribution in [0.3, 0.4) is 0 Å². The summed E-state index contributed by atoms with van der Waals surface area (Å²) in [7, 11) is 1.25. The van der Waals surface area contributed by atoms with E-state index >= 15 is 0 Å². The molecule has 10 heteroatoms. The number of thioether (sulfide) groups is 1. The van der Waals surface area contributed by atoms with Crippen molar-refractivity contribution in [3.8, 4) is 5.75 Å². The van der Waals surface area contributed by atoms with Crippen molar-refractivity contribution >= 4 is 51.9 Å². The number of ether oxygens (including phenoxy) is 1. The number of methoxy groups -OCH3 is 1. The number of carbonyl (C=O) groups is 2. The van der Waals surface area contributed by atoms with Gasteiger partial charge in [0.25, 0.3) is 5.91 Å². The van der Waals surface area contributed by atoms with Gasteiger partial charge in [0.05, 0.1) is 23.4 Å². The highest BCUT2D eigenvalue weighted by molar-refractivity contribution is 8.26. The fourth-order valence-corrected chi connectivity index (χ4v) is 3.23. The molecule has 1 amide bonds. The molecule has 0 aliphatic carbocycles. The van der Waals surface area contributed by atoms with Gasteiger partial charge in [-0.25, -0.2) is 0 Å². The van der Waals surface area contributed by atoms with Crippen molar-refractivity contribution in [3.63, 3.8) is 0 Å². The predicted molar refractivity (Wildman–Crippen MR) is 91.3 cm³/mol. The SMILES string of the molecule is COC(=O)CCN1C(=O)/C(=C/c2ccc(O)c([N+](=O)[O-])c2)SC1=S. The first kappa shape index (κ1) is 17.9. The highest BCUT2D eigenvalue weighted by Gasteiger charge is 2.32. The van der Waals surface area contributed by atoms with Gasteiger partial charge in [-0.05, 0) is 17.7 Å². The number of carbonyl (C=O) groups excluding carboxylic acids is 2. The van der Waals surface area contributed by atoms with E-state index in [9.17, 15) is 24.8 Å². The quantitative estimate of drug-likeness (QED) is 0.276. The number of nitrogens with zero attached hydrogens (tertiary/aromatic N) is 2. The van der Waals surface area contributed by atoms with E-state index in [4.69, 9.17) is 12.2 Å². The lowest BCUT2D eigenvalue weighted by molar-refractivity contribution is -0.385. The van der Waals surface area contributed by atoms with E-state index in [1.165, 1.54) is 30.2 Å². The van der Waals surface area contributed by atoms with Gasteiger partial charge in [0.1, 0.15) is 4.32 Å². The monoisotopic (exact) mass is 368 g/mol. The Morgan fingerprint density at radius 2 is 2.25 bits per heavy atom. The van der Waals surface area contributed by atoms with Crippen molar-refractivity contribution in [1.29, 1.82) is 0 Å². The molecule has 0 radical (unpaired) electrons. The Balaban J connectivity index is 2.21. The maximum atomic E-state index is 12.3. The Kier molecular flexibility index (Phi) is 5.52. The van der Waals surface area contributed by atoms with Crippen molar-refractivity contribution in [2.75, 3.05) is 13.7 Å². The molecular formula is C14H12N2O6S2. The van der Waals surface area contributed by atoms with Gasteiger partial charge in [0.15, 0.2) is 5.75 Å². The fourth-order valence-electron chi connectivity index (χ4n) is 1.93. The Morgan fingerprint density at radius 1 is 1.54 bits per heavy atom. The molecule has 24 heavy (non-hydrogen) atoms. The van der Waals surface area contributed by atoms with Crippen molar-refractivity contribution in [2.45, 2.75) is 6.42 Å². The number of phenolic OH excluding ortho intramolecular Hbond substituents is 1. The van der Waals surface area contributed by atoms with Gasteiger partial charge in [-0.1, -0.05) is 30.0 Å². The minimum Gasteiger partial charge on any atom is -0.502 e. The number of aromatic hydroxyl groups is 1. The summed E-state index contributed by atoms with van der Waals surface area (Å²) in [5.41, 5.74) is -0.0714. The number of benzene rings is 1. The molecule has 1 aromatic carbocycles. The zero-order valence-corrected chi connectivity index (χ0v) is 14.1. The zero-order valence-electron chi connectivity index (χ0n) is 12.4. The van der Waals surface area contributed by atoms with Crippen LogP contribution in [0.4, 0.5) is 5.69 Å². The number of hydrogen-bond acceptors (Lipinski definition) is 8. The topological polar surface area (TPSA) is 110 Å². The zero-order chi connectivity index (χ0) is 17.9. The summed E-state index contributed by atoms with van der Waals surface area (Å²) in [4.78, 5) is 35.2. The van der Waals surface area contributed by atoms with Crippen LogP contribution < -0.4 is 0 Å². The summed E-state index contributed by atoms with van der Waals surface area (Å²) < 4.78 is 4.82. The first-order valence-electron chi connectivity index (χ1n) is 6.63. The Hall–Kier alpha value is -2.46. The average molecular weight is 368 g/mol. The van der Waals surface area contributed by atoms with Crippen LogP contribution in [0, 0.1) is 10.1 Å². The number of nitro benzene ring substituents is 1. The Labute approximate surface area is 146 Å². The van der Waals surface area contributed by atoms with Gasteiger partial charge in [0.2, 0.25) is 0 Å². The highest BCUT2D eigenvalue weighted by atomic mass is 32.2. The molecule has 0 unspecified atom stereocenters. The number of amides is 1. The van der Waals surface area contributed by atoms with Crippen LogP contribution in [-0.2, 0) is 14.3 Å². The third-order valence-electron chi connectivity index (χ3n) is 3.13. The van der Waals surface area contributed by atoms with Crippen LogP contribution in [0.5, 0.6) is 5.75 Å². The number of thiocarbonyl (C=S) groups is 1. The number of nitro groups is 1. The minimum absolute atomic E-state index is 0.0148. The molecule has 1 heterocycles. The van der Waals surface area contributed by atoms with Crippen molar-refractivity contribution in [3.05, 3.63) is 38.8 Å². The summed E-state index contributed by atoms with van der Waals surface area (Å²) in [5.74, 6) is -1.30. The van der Waals surface area contributed by atoms with E-state index in [1.54, 1.807) is 0 Å². The lowest BCUT2D eigenvalue weighted by atomic mass is 10.1. The number of rotatable bonds is 5. The lowest BCUT2D eigenvalue weighted by Crippen LogP contribution is -2.30. The Morgan fingerprint density at radius 3 is 2.88 bits per heavy atom. The van der Waals surface area contributed by atoms with Crippen LogP contribution in [0.15, 0.2) is 23.1 Å². The third-order valence-corrected chi connectivity index (χ3v) is 4.51. The maximum absolute atomic E-state index is 12.3. The van der Waals surface area contributed by atoms with Crippen LogP contribution in [-0.4, -0.2) is 44.8 Å². The highest BCUT2D eigenvalue weighted by Crippen LogP contribution is 2.34. The van der Waals surface area contributed by atoms with Crippen LogP contribution >= 0.6 is 24.0 Å². The van der Waals surface area contributed by atoms with Crippen molar-refractivity contribution < 1.29 is 24.4 Å². The molecule has 0 saturated carbocycles. The molecule has 0 atom stereocenters. The van der Waals surface area contributed by atoms with E-state index in [-0.39, 0.29) is 23.8 Å². The first-order valence-corrected chi connectivity index (χ1v) is 7.85. The van der Waals surface area contributed by atoms with Crippen LogP contribution in [0.2, 0.25) is 0 Å². The molecular weight excluding hydrogens is 356 g/mol.